The van der Waals surface area contributed by atoms with Crippen molar-refractivity contribution in [3.63, 3.8) is 0 Å². The van der Waals surface area contributed by atoms with Crippen LogP contribution in [0, 0.1) is 6.92 Å². The normalized spacial score (nSPS) is 11.7. The topological polar surface area (TPSA) is 92.2 Å². The smallest absolute Gasteiger partial charge is 0.261 e. The zero-order chi connectivity index (χ0) is 27.4. The average Bonchev–Trinajstić information content (AvgIpc) is 3.32. The molecule has 9 heteroatoms. The maximum absolute atomic E-state index is 12.7. The Morgan fingerprint density at radius 3 is 2.36 bits per heavy atom. The minimum Gasteiger partial charge on any atom is -0.347 e. The molecule has 0 aliphatic carbocycles. The van der Waals surface area contributed by atoms with Crippen LogP contribution >= 0.6 is 0 Å². The van der Waals surface area contributed by atoms with E-state index in [1.54, 1.807) is 54.9 Å². The number of aromatic nitrogens is 3. The number of hydrogen-bond donors (Lipinski definition) is 2. The summed E-state index contributed by atoms with van der Waals surface area (Å²) in [4.78, 5) is 11.3. The second kappa shape index (κ2) is 11.3. The Hall–Kier alpha value is -4.21. The summed E-state index contributed by atoms with van der Waals surface area (Å²) in [5.41, 5.74) is 5.30. The van der Waals surface area contributed by atoms with Gasteiger partial charge in [0.2, 0.25) is 0 Å². The van der Waals surface area contributed by atoms with Crippen molar-refractivity contribution in [1.82, 2.24) is 19.4 Å². The lowest BCUT2D eigenvalue weighted by Crippen LogP contribution is -2.14. The Balaban J connectivity index is 1.27. The predicted octanol–water partition coefficient (Wildman–Crippen LogP) is 5.90. The zero-order valence-corrected chi connectivity index (χ0v) is 23.1. The summed E-state index contributed by atoms with van der Waals surface area (Å²) in [6, 6.07) is 24.2. The molecule has 0 amide bonds. The highest BCUT2D eigenvalue weighted by atomic mass is 32.2. The molecule has 0 unspecified atom stereocenters. The summed E-state index contributed by atoms with van der Waals surface area (Å²) in [6.07, 6.45) is 4.78. The van der Waals surface area contributed by atoms with Gasteiger partial charge in [-0.2, -0.15) is 0 Å². The molecule has 2 heterocycles. The minimum atomic E-state index is -3.66. The molecule has 2 aromatic heterocycles. The van der Waals surface area contributed by atoms with Crippen LogP contribution in [-0.4, -0.2) is 48.5 Å². The van der Waals surface area contributed by atoms with Crippen LogP contribution < -0.4 is 10.0 Å². The van der Waals surface area contributed by atoms with Gasteiger partial charge in [0.15, 0.2) is 0 Å². The molecule has 0 aliphatic rings. The van der Waals surface area contributed by atoms with Crippen molar-refractivity contribution in [2.75, 3.05) is 30.7 Å². The van der Waals surface area contributed by atoms with Gasteiger partial charge in [0.1, 0.15) is 12.1 Å². The molecule has 0 saturated carbocycles. The third kappa shape index (κ3) is 6.45. The fourth-order valence-corrected chi connectivity index (χ4v) is 5.45. The van der Waals surface area contributed by atoms with Crippen LogP contribution in [0.1, 0.15) is 12.0 Å². The van der Waals surface area contributed by atoms with E-state index in [9.17, 15) is 8.42 Å². The van der Waals surface area contributed by atoms with Crippen LogP contribution in [0.4, 0.5) is 17.2 Å². The molecule has 5 rings (SSSR count). The molecule has 0 atom stereocenters. The number of nitrogens with zero attached hydrogens (tertiary/aromatic N) is 4. The molecule has 3 aromatic carbocycles. The highest BCUT2D eigenvalue weighted by Gasteiger charge is 2.14. The van der Waals surface area contributed by atoms with Crippen LogP contribution in [0.5, 0.6) is 0 Å². The van der Waals surface area contributed by atoms with Gasteiger partial charge in [-0.25, -0.2) is 18.4 Å². The van der Waals surface area contributed by atoms with E-state index >= 15 is 0 Å². The molecule has 0 aliphatic heterocycles. The van der Waals surface area contributed by atoms with Gasteiger partial charge in [-0.3, -0.25) is 4.72 Å². The average molecular weight is 541 g/mol. The Morgan fingerprint density at radius 1 is 0.872 bits per heavy atom. The number of nitrogens with one attached hydrogen (secondary N) is 2. The van der Waals surface area contributed by atoms with Crippen molar-refractivity contribution in [3.8, 4) is 11.3 Å². The zero-order valence-electron chi connectivity index (χ0n) is 22.3. The molecule has 0 radical (unpaired) electrons. The quantitative estimate of drug-likeness (QED) is 0.229. The summed E-state index contributed by atoms with van der Waals surface area (Å²) in [5, 5.41) is 4.45. The largest absolute Gasteiger partial charge is 0.347 e. The summed E-state index contributed by atoms with van der Waals surface area (Å²) >= 11 is 0. The standard InChI is InChI=1S/C30H32N6O2S/c1-22-5-12-27(13-6-22)39(37,38)34-26-10-8-25(9-11-26)33-30-20-28(31-21-32-30)23-7-14-29-24(19-23)15-18-36(29)17-4-16-35(2)3/h5-15,18-21,34H,4,16-17H2,1-3H3,(H,31,32,33). The first kappa shape index (κ1) is 26.4. The second-order valence-corrected chi connectivity index (χ2v) is 11.5. The van der Waals surface area contributed by atoms with Gasteiger partial charge >= 0.3 is 0 Å². The van der Waals surface area contributed by atoms with E-state index in [0.717, 1.165) is 42.0 Å². The fraction of sp³-hybridized carbons (Fsp3) is 0.200. The third-order valence-electron chi connectivity index (χ3n) is 6.48. The SMILES string of the molecule is Cc1ccc(S(=O)(=O)Nc2ccc(Nc3cc(-c4ccc5c(ccn5CCCN(C)C)c4)ncn3)cc2)cc1. The molecule has 39 heavy (non-hydrogen) atoms. The van der Waals surface area contributed by atoms with Gasteiger partial charge in [-0.15, -0.1) is 0 Å². The molecular formula is C30H32N6O2S. The first-order valence-corrected chi connectivity index (χ1v) is 14.3. The molecule has 2 N–H and O–H groups in total. The molecule has 5 aromatic rings. The van der Waals surface area contributed by atoms with E-state index < -0.39 is 10.0 Å². The van der Waals surface area contributed by atoms with E-state index in [4.69, 9.17) is 0 Å². The van der Waals surface area contributed by atoms with E-state index in [-0.39, 0.29) is 4.90 Å². The van der Waals surface area contributed by atoms with Crippen LogP contribution in [0.25, 0.3) is 22.2 Å². The first-order valence-electron chi connectivity index (χ1n) is 12.8. The number of rotatable bonds is 10. The van der Waals surface area contributed by atoms with E-state index in [1.165, 1.54) is 10.9 Å². The summed E-state index contributed by atoms with van der Waals surface area (Å²) in [7, 11) is 0.534. The number of anilines is 3. The first-order chi connectivity index (χ1) is 18.8. The van der Waals surface area contributed by atoms with Gasteiger partial charge in [-0.05, 0) is 88.6 Å². The van der Waals surface area contributed by atoms with Crippen LogP contribution in [0.3, 0.4) is 0 Å². The number of hydrogen-bond acceptors (Lipinski definition) is 6. The van der Waals surface area contributed by atoms with E-state index in [2.05, 4.69) is 74.0 Å². The van der Waals surface area contributed by atoms with Crippen molar-refractivity contribution >= 4 is 38.1 Å². The maximum Gasteiger partial charge on any atom is 0.261 e. The van der Waals surface area contributed by atoms with Crippen molar-refractivity contribution in [2.45, 2.75) is 24.8 Å². The number of benzene rings is 3. The molecule has 0 saturated heterocycles. The monoisotopic (exact) mass is 540 g/mol. The van der Waals surface area contributed by atoms with Gasteiger partial charge in [0.05, 0.1) is 10.6 Å². The van der Waals surface area contributed by atoms with Crippen LogP contribution in [0.15, 0.2) is 96.3 Å². The van der Waals surface area contributed by atoms with Crippen molar-refractivity contribution in [1.29, 1.82) is 0 Å². The summed E-state index contributed by atoms with van der Waals surface area (Å²) < 4.78 is 30.3. The Labute approximate surface area is 229 Å². The van der Waals surface area contributed by atoms with Crippen molar-refractivity contribution < 1.29 is 8.42 Å². The van der Waals surface area contributed by atoms with Crippen LogP contribution in [0.2, 0.25) is 0 Å². The molecule has 0 bridgehead atoms. The number of aryl methyl sites for hydroxylation is 2. The van der Waals surface area contributed by atoms with Gasteiger partial charge in [-0.1, -0.05) is 23.8 Å². The Bertz CT molecular complexity index is 1680. The number of fused-ring (bicyclic) bond motifs is 1. The molecule has 200 valence electrons. The lowest BCUT2D eigenvalue weighted by molar-refractivity contribution is 0.388. The lowest BCUT2D eigenvalue weighted by Gasteiger charge is -2.11. The van der Waals surface area contributed by atoms with Gasteiger partial charge < -0.3 is 14.8 Å². The fourth-order valence-electron chi connectivity index (χ4n) is 4.40. The molecular weight excluding hydrogens is 508 g/mol. The maximum atomic E-state index is 12.7. The van der Waals surface area contributed by atoms with Crippen molar-refractivity contribution in [3.05, 3.63) is 97.0 Å². The highest BCUT2D eigenvalue weighted by Crippen LogP contribution is 2.27. The molecule has 0 spiro atoms. The van der Waals surface area contributed by atoms with Gasteiger partial charge in [0, 0.05) is 46.6 Å². The minimum absolute atomic E-state index is 0.225. The summed E-state index contributed by atoms with van der Waals surface area (Å²) in [5.74, 6) is 0.648. The molecule has 8 nitrogen and oxygen atoms in total. The third-order valence-corrected chi connectivity index (χ3v) is 7.88. The van der Waals surface area contributed by atoms with E-state index in [1.807, 2.05) is 13.0 Å². The Kier molecular flexibility index (Phi) is 7.63. The Morgan fingerprint density at radius 2 is 1.62 bits per heavy atom. The highest BCUT2D eigenvalue weighted by molar-refractivity contribution is 7.92. The van der Waals surface area contributed by atoms with E-state index in [0.29, 0.717) is 11.5 Å². The lowest BCUT2D eigenvalue weighted by atomic mass is 10.1. The van der Waals surface area contributed by atoms with Crippen molar-refractivity contribution in [2.24, 2.45) is 0 Å². The predicted molar refractivity (Wildman–Crippen MR) is 158 cm³/mol. The number of sulfonamides is 1. The van der Waals surface area contributed by atoms with Gasteiger partial charge in [0.25, 0.3) is 10.0 Å². The molecule has 0 fully saturated rings. The van der Waals surface area contributed by atoms with Crippen LogP contribution in [-0.2, 0) is 16.6 Å². The second-order valence-electron chi connectivity index (χ2n) is 9.85. The summed E-state index contributed by atoms with van der Waals surface area (Å²) in [6.45, 7) is 3.95.